The number of aromatic nitrogens is 2. The Hall–Kier alpha value is -2.02. The molecule has 2 aromatic rings. The molecule has 0 radical (unpaired) electrons. The number of anilines is 1. The van der Waals surface area contributed by atoms with Crippen LogP contribution in [0.5, 0.6) is 0 Å². The Morgan fingerprint density at radius 3 is 2.28 bits per heavy atom. The molecule has 8 heteroatoms. The summed E-state index contributed by atoms with van der Waals surface area (Å²) in [5.41, 5.74) is 5.91. The van der Waals surface area contributed by atoms with Crippen LogP contribution in [0.4, 0.5) is 19.0 Å². The molecule has 1 aliphatic carbocycles. The molecule has 2 N–H and O–H groups in total. The van der Waals surface area contributed by atoms with E-state index in [-0.39, 0.29) is 30.1 Å². The lowest BCUT2D eigenvalue weighted by atomic mass is 9.81. The summed E-state index contributed by atoms with van der Waals surface area (Å²) in [6, 6.07) is 7.84. The third-order valence-corrected chi connectivity index (χ3v) is 4.86. The van der Waals surface area contributed by atoms with Crippen LogP contribution in [0.2, 0.25) is 5.02 Å². The van der Waals surface area contributed by atoms with Crippen LogP contribution in [-0.2, 0) is 0 Å². The molecule has 4 nitrogen and oxygen atoms in total. The number of rotatable bonds is 2. The molecule has 25 heavy (non-hydrogen) atoms. The van der Waals surface area contributed by atoms with E-state index in [0.29, 0.717) is 29.4 Å². The van der Waals surface area contributed by atoms with Crippen LogP contribution in [-0.4, -0.2) is 15.7 Å². The standard InChI is InChI=1S/C17H17ClF3N3O/c18-12-5-7-13(8-6-12)24-15(25)9-14(22)23-16(24)10-1-3-11(4-2-10)17(19,20)21/h5-11H,1-4,22H2. The predicted molar refractivity (Wildman–Crippen MR) is 90.0 cm³/mol. The zero-order chi connectivity index (χ0) is 18.2. The second kappa shape index (κ2) is 6.71. The highest BCUT2D eigenvalue weighted by molar-refractivity contribution is 6.30. The molecule has 0 saturated heterocycles. The van der Waals surface area contributed by atoms with Gasteiger partial charge in [-0.2, -0.15) is 13.2 Å². The zero-order valence-electron chi connectivity index (χ0n) is 13.3. The van der Waals surface area contributed by atoms with Crippen molar-refractivity contribution >= 4 is 17.4 Å². The lowest BCUT2D eigenvalue weighted by Gasteiger charge is -2.30. The summed E-state index contributed by atoms with van der Waals surface area (Å²) >= 11 is 5.88. The highest BCUT2D eigenvalue weighted by Crippen LogP contribution is 2.42. The van der Waals surface area contributed by atoms with Gasteiger partial charge in [-0.05, 0) is 49.9 Å². The molecule has 1 aliphatic rings. The van der Waals surface area contributed by atoms with Gasteiger partial charge < -0.3 is 5.73 Å². The van der Waals surface area contributed by atoms with E-state index < -0.39 is 12.1 Å². The van der Waals surface area contributed by atoms with E-state index in [1.807, 2.05) is 0 Å². The minimum Gasteiger partial charge on any atom is -0.383 e. The lowest BCUT2D eigenvalue weighted by molar-refractivity contribution is -0.182. The first kappa shape index (κ1) is 17.8. The Labute approximate surface area is 147 Å². The third kappa shape index (κ3) is 3.81. The number of hydrogen-bond donors (Lipinski definition) is 1. The van der Waals surface area contributed by atoms with Gasteiger partial charge in [-0.3, -0.25) is 9.36 Å². The van der Waals surface area contributed by atoms with Gasteiger partial charge in [-0.1, -0.05) is 11.6 Å². The molecule has 0 amide bonds. The maximum absolute atomic E-state index is 12.9. The molecule has 1 fully saturated rings. The Kier molecular flexibility index (Phi) is 4.77. The number of hydrogen-bond acceptors (Lipinski definition) is 3. The molecule has 0 bridgehead atoms. The smallest absolute Gasteiger partial charge is 0.383 e. The van der Waals surface area contributed by atoms with Crippen molar-refractivity contribution < 1.29 is 13.2 Å². The maximum atomic E-state index is 12.9. The molecular weight excluding hydrogens is 355 g/mol. The molecule has 0 spiro atoms. The first-order valence-electron chi connectivity index (χ1n) is 7.98. The van der Waals surface area contributed by atoms with Crippen LogP contribution >= 0.6 is 11.6 Å². The number of nitrogens with zero attached hydrogens (tertiary/aromatic N) is 2. The normalized spacial score (nSPS) is 21.3. The maximum Gasteiger partial charge on any atom is 0.391 e. The summed E-state index contributed by atoms with van der Waals surface area (Å²) in [5, 5.41) is 0.521. The van der Waals surface area contributed by atoms with Crippen molar-refractivity contribution in [1.82, 2.24) is 9.55 Å². The van der Waals surface area contributed by atoms with E-state index in [9.17, 15) is 18.0 Å². The summed E-state index contributed by atoms with van der Waals surface area (Å²) < 4.78 is 40.0. The van der Waals surface area contributed by atoms with Crippen molar-refractivity contribution in [1.29, 1.82) is 0 Å². The van der Waals surface area contributed by atoms with Crippen LogP contribution in [0.25, 0.3) is 5.69 Å². The minimum atomic E-state index is -4.18. The van der Waals surface area contributed by atoms with Crippen molar-refractivity contribution in [3.63, 3.8) is 0 Å². The molecule has 1 aromatic carbocycles. The van der Waals surface area contributed by atoms with Gasteiger partial charge in [-0.25, -0.2) is 4.98 Å². The Balaban J connectivity index is 1.97. The fourth-order valence-electron chi connectivity index (χ4n) is 3.32. The van der Waals surface area contributed by atoms with Gasteiger partial charge in [-0.15, -0.1) is 0 Å². The number of benzene rings is 1. The second-order valence-electron chi connectivity index (χ2n) is 6.28. The quantitative estimate of drug-likeness (QED) is 0.856. The van der Waals surface area contributed by atoms with E-state index in [2.05, 4.69) is 4.98 Å². The van der Waals surface area contributed by atoms with E-state index in [1.165, 1.54) is 10.6 Å². The summed E-state index contributed by atoms with van der Waals surface area (Å²) in [7, 11) is 0. The summed E-state index contributed by atoms with van der Waals surface area (Å²) in [5.74, 6) is -1.05. The van der Waals surface area contributed by atoms with Crippen LogP contribution in [0.15, 0.2) is 35.1 Å². The molecular formula is C17H17ClF3N3O. The van der Waals surface area contributed by atoms with E-state index in [0.717, 1.165) is 0 Å². The summed E-state index contributed by atoms with van der Waals surface area (Å²) in [6.45, 7) is 0. The van der Waals surface area contributed by atoms with Crippen LogP contribution in [0, 0.1) is 5.92 Å². The van der Waals surface area contributed by atoms with Crippen molar-refractivity contribution in [2.24, 2.45) is 5.92 Å². The van der Waals surface area contributed by atoms with Crippen molar-refractivity contribution in [3.8, 4) is 5.69 Å². The fourth-order valence-corrected chi connectivity index (χ4v) is 3.45. The largest absolute Gasteiger partial charge is 0.391 e. The van der Waals surface area contributed by atoms with Gasteiger partial charge in [0.1, 0.15) is 11.6 Å². The molecule has 0 atom stereocenters. The van der Waals surface area contributed by atoms with Gasteiger partial charge in [0, 0.05) is 17.0 Å². The topological polar surface area (TPSA) is 60.9 Å². The van der Waals surface area contributed by atoms with Crippen LogP contribution < -0.4 is 11.3 Å². The molecule has 0 aliphatic heterocycles. The van der Waals surface area contributed by atoms with Crippen LogP contribution in [0.1, 0.15) is 37.4 Å². The first-order chi connectivity index (χ1) is 11.8. The summed E-state index contributed by atoms with van der Waals surface area (Å²) in [4.78, 5) is 16.7. The molecule has 134 valence electrons. The average Bonchev–Trinajstić information content (AvgIpc) is 2.55. The number of nitrogen functional groups attached to an aromatic ring is 1. The SMILES string of the molecule is Nc1cc(=O)n(-c2ccc(Cl)cc2)c(C2CCC(C(F)(F)F)CC2)n1. The van der Waals surface area contributed by atoms with Crippen LogP contribution in [0.3, 0.4) is 0 Å². The minimum absolute atomic E-state index is 0.0272. The predicted octanol–water partition coefficient (Wildman–Crippen LogP) is 4.30. The first-order valence-corrected chi connectivity index (χ1v) is 8.35. The molecule has 1 saturated carbocycles. The van der Waals surface area contributed by atoms with Gasteiger partial charge in [0.05, 0.1) is 11.6 Å². The second-order valence-corrected chi connectivity index (χ2v) is 6.72. The van der Waals surface area contributed by atoms with Gasteiger partial charge in [0.2, 0.25) is 0 Å². The number of alkyl halides is 3. The Morgan fingerprint density at radius 2 is 1.72 bits per heavy atom. The molecule has 0 unspecified atom stereocenters. The van der Waals surface area contributed by atoms with Gasteiger partial charge in [0.25, 0.3) is 5.56 Å². The number of halogens is 4. The van der Waals surface area contributed by atoms with Crippen molar-refractivity contribution in [3.05, 3.63) is 51.5 Å². The number of nitrogens with two attached hydrogens (primary N) is 1. The fraction of sp³-hybridized carbons (Fsp3) is 0.412. The summed E-state index contributed by atoms with van der Waals surface area (Å²) in [6.07, 6.45) is -3.50. The zero-order valence-corrected chi connectivity index (χ0v) is 14.0. The molecule has 1 heterocycles. The molecule has 3 rings (SSSR count). The highest BCUT2D eigenvalue weighted by Gasteiger charge is 2.42. The van der Waals surface area contributed by atoms with Crippen molar-refractivity contribution in [2.75, 3.05) is 5.73 Å². The Morgan fingerprint density at radius 1 is 1.12 bits per heavy atom. The van der Waals surface area contributed by atoms with E-state index >= 15 is 0 Å². The highest BCUT2D eigenvalue weighted by atomic mass is 35.5. The lowest BCUT2D eigenvalue weighted by Crippen LogP contribution is -2.31. The van der Waals surface area contributed by atoms with Gasteiger partial charge in [0.15, 0.2) is 0 Å². The van der Waals surface area contributed by atoms with Gasteiger partial charge >= 0.3 is 6.18 Å². The molecule has 1 aromatic heterocycles. The Bertz CT molecular complexity index is 809. The van der Waals surface area contributed by atoms with E-state index in [4.69, 9.17) is 17.3 Å². The van der Waals surface area contributed by atoms with E-state index in [1.54, 1.807) is 24.3 Å². The van der Waals surface area contributed by atoms with Crippen molar-refractivity contribution in [2.45, 2.75) is 37.8 Å². The third-order valence-electron chi connectivity index (χ3n) is 4.60. The average molecular weight is 372 g/mol. The monoisotopic (exact) mass is 371 g/mol.